The third-order valence-corrected chi connectivity index (χ3v) is 11.4. The van der Waals surface area contributed by atoms with E-state index in [0.717, 1.165) is 0 Å². The first-order chi connectivity index (χ1) is 13.3. The van der Waals surface area contributed by atoms with Gasteiger partial charge in [-0.1, -0.05) is 137 Å². The molecule has 0 aliphatic heterocycles. The summed E-state index contributed by atoms with van der Waals surface area (Å²) in [6.07, 6.45) is 6.63. The average Bonchev–Trinajstić information content (AvgIpc) is 2.74. The monoisotopic (exact) mass is 372 g/mol. The predicted molar refractivity (Wildman–Crippen MR) is 122 cm³/mol. The van der Waals surface area contributed by atoms with E-state index in [0.29, 0.717) is 5.54 Å². The zero-order valence-corrected chi connectivity index (χ0v) is 17.8. The summed E-state index contributed by atoms with van der Waals surface area (Å²) in [4.78, 5) is 0. The van der Waals surface area contributed by atoms with Gasteiger partial charge in [0.15, 0.2) is 8.07 Å². The van der Waals surface area contributed by atoms with E-state index in [-0.39, 0.29) is 0 Å². The Morgan fingerprint density at radius 1 is 0.593 bits per heavy atom. The molecule has 0 aliphatic rings. The molecular formula is C26H32Si. The number of rotatable bonds is 9. The summed E-state index contributed by atoms with van der Waals surface area (Å²) in [6.45, 7) is 4.80. The lowest BCUT2D eigenvalue weighted by Crippen LogP contribution is -2.69. The van der Waals surface area contributed by atoms with Gasteiger partial charge in [0.05, 0.1) is 0 Å². The lowest BCUT2D eigenvalue weighted by Gasteiger charge is -2.39. The van der Waals surface area contributed by atoms with Gasteiger partial charge < -0.3 is 0 Å². The minimum atomic E-state index is -2.09. The highest BCUT2D eigenvalue weighted by molar-refractivity contribution is 7.12. The van der Waals surface area contributed by atoms with Crippen LogP contribution >= 0.6 is 0 Å². The van der Waals surface area contributed by atoms with Crippen LogP contribution in [-0.2, 0) is 0 Å². The van der Waals surface area contributed by atoms with Crippen LogP contribution in [0.3, 0.4) is 0 Å². The summed E-state index contributed by atoms with van der Waals surface area (Å²) in [7, 11) is -2.09. The Hall–Kier alpha value is -2.12. The van der Waals surface area contributed by atoms with Crippen LogP contribution in [0.1, 0.15) is 46.0 Å². The molecule has 140 valence electrons. The van der Waals surface area contributed by atoms with Crippen LogP contribution in [0.25, 0.3) is 0 Å². The van der Waals surface area contributed by atoms with E-state index < -0.39 is 8.07 Å². The maximum Gasteiger partial charge on any atom is 0.151 e. The second-order valence-electron chi connectivity index (χ2n) is 7.66. The summed E-state index contributed by atoms with van der Waals surface area (Å²) >= 11 is 0. The largest absolute Gasteiger partial charge is 0.151 e. The molecule has 3 aromatic rings. The van der Waals surface area contributed by atoms with Crippen LogP contribution in [0.2, 0.25) is 5.54 Å². The van der Waals surface area contributed by atoms with Gasteiger partial charge in [-0.15, -0.1) is 0 Å². The highest BCUT2D eigenvalue weighted by Gasteiger charge is 2.43. The molecule has 1 unspecified atom stereocenters. The van der Waals surface area contributed by atoms with Crippen molar-refractivity contribution in [2.24, 2.45) is 0 Å². The smallest absolute Gasteiger partial charge is 0.0654 e. The molecule has 27 heavy (non-hydrogen) atoms. The zero-order valence-electron chi connectivity index (χ0n) is 16.8. The van der Waals surface area contributed by atoms with Crippen molar-refractivity contribution in [3.63, 3.8) is 0 Å². The van der Waals surface area contributed by atoms with Crippen molar-refractivity contribution in [3.05, 3.63) is 91.0 Å². The number of hydrogen-bond donors (Lipinski definition) is 0. The van der Waals surface area contributed by atoms with E-state index in [1.54, 1.807) is 0 Å². The van der Waals surface area contributed by atoms with Crippen LogP contribution < -0.4 is 15.6 Å². The van der Waals surface area contributed by atoms with Crippen molar-refractivity contribution in [3.8, 4) is 0 Å². The van der Waals surface area contributed by atoms with Gasteiger partial charge in [0.25, 0.3) is 0 Å². The van der Waals surface area contributed by atoms with Crippen LogP contribution in [0, 0.1) is 0 Å². The fraction of sp³-hybridized carbons (Fsp3) is 0.308. The molecule has 0 N–H and O–H groups in total. The van der Waals surface area contributed by atoms with Gasteiger partial charge >= 0.3 is 0 Å². The van der Waals surface area contributed by atoms with Gasteiger partial charge in [-0.3, -0.25) is 0 Å². The van der Waals surface area contributed by atoms with Crippen molar-refractivity contribution < 1.29 is 0 Å². The minimum absolute atomic E-state index is 0.654. The highest BCUT2D eigenvalue weighted by atomic mass is 28.3. The van der Waals surface area contributed by atoms with Gasteiger partial charge in [0.1, 0.15) is 0 Å². The molecule has 0 amide bonds. The van der Waals surface area contributed by atoms with Crippen molar-refractivity contribution in [2.45, 2.75) is 51.5 Å². The molecule has 0 nitrogen and oxygen atoms in total. The van der Waals surface area contributed by atoms with Gasteiger partial charge in [-0.05, 0) is 21.1 Å². The molecule has 0 aromatic heterocycles. The molecule has 0 aliphatic carbocycles. The van der Waals surface area contributed by atoms with E-state index in [2.05, 4.69) is 105 Å². The van der Waals surface area contributed by atoms with Gasteiger partial charge in [-0.25, -0.2) is 0 Å². The highest BCUT2D eigenvalue weighted by Crippen LogP contribution is 2.28. The van der Waals surface area contributed by atoms with Crippen LogP contribution in [0.4, 0.5) is 0 Å². The fourth-order valence-corrected chi connectivity index (χ4v) is 10.0. The Bertz CT molecular complexity index is 684. The van der Waals surface area contributed by atoms with Crippen LogP contribution in [0.5, 0.6) is 0 Å². The van der Waals surface area contributed by atoms with Gasteiger partial charge in [0, 0.05) is 0 Å². The molecule has 3 rings (SSSR count). The van der Waals surface area contributed by atoms with Crippen molar-refractivity contribution in [1.82, 2.24) is 0 Å². The Morgan fingerprint density at radius 3 is 1.37 bits per heavy atom. The average molecular weight is 373 g/mol. The van der Waals surface area contributed by atoms with Crippen molar-refractivity contribution >= 4 is 23.6 Å². The van der Waals surface area contributed by atoms with Crippen molar-refractivity contribution in [2.75, 3.05) is 0 Å². The standard InChI is InChI=1S/C26H32Si/c1-3-4-5-9-16-23(2)27(24-17-10-6-11-18-24,25-19-12-7-13-20-25)26-21-14-8-15-22-26/h6-8,10-15,17-23H,3-5,9,16H2,1-2H3. The Balaban J connectivity index is 2.14. The predicted octanol–water partition coefficient (Wildman–Crippen LogP) is 5.52. The summed E-state index contributed by atoms with van der Waals surface area (Å²) < 4.78 is 0. The third kappa shape index (κ3) is 4.25. The van der Waals surface area contributed by atoms with E-state index in [1.165, 1.54) is 47.7 Å². The first-order valence-electron chi connectivity index (χ1n) is 10.5. The molecule has 0 saturated carbocycles. The second kappa shape index (κ2) is 9.71. The fourth-order valence-electron chi connectivity index (χ4n) is 4.55. The lowest BCUT2D eigenvalue weighted by atomic mass is 10.1. The summed E-state index contributed by atoms with van der Waals surface area (Å²) in [5.41, 5.74) is 0.654. The normalized spacial score (nSPS) is 12.7. The van der Waals surface area contributed by atoms with E-state index >= 15 is 0 Å². The maximum atomic E-state index is 2.51. The van der Waals surface area contributed by atoms with Crippen LogP contribution in [0.15, 0.2) is 91.0 Å². The number of benzene rings is 3. The van der Waals surface area contributed by atoms with Crippen molar-refractivity contribution in [1.29, 1.82) is 0 Å². The Morgan fingerprint density at radius 2 is 1.00 bits per heavy atom. The zero-order chi connectivity index (χ0) is 19.0. The number of hydrogen-bond acceptors (Lipinski definition) is 0. The molecule has 0 bridgehead atoms. The molecule has 0 saturated heterocycles. The molecule has 0 heterocycles. The molecule has 3 aromatic carbocycles. The molecule has 0 spiro atoms. The van der Waals surface area contributed by atoms with E-state index in [9.17, 15) is 0 Å². The lowest BCUT2D eigenvalue weighted by molar-refractivity contribution is 0.619. The maximum absolute atomic E-state index is 2.51. The first-order valence-corrected chi connectivity index (χ1v) is 12.5. The summed E-state index contributed by atoms with van der Waals surface area (Å²) in [5, 5.41) is 4.60. The summed E-state index contributed by atoms with van der Waals surface area (Å²) in [5.74, 6) is 0. The molecule has 1 heteroatoms. The Labute approximate surface area is 166 Å². The first kappa shape index (κ1) is 19.6. The SMILES string of the molecule is CCCCCCC(C)[Si](c1ccccc1)(c1ccccc1)c1ccccc1. The molecule has 0 fully saturated rings. The molecular weight excluding hydrogens is 340 g/mol. The number of unbranched alkanes of at least 4 members (excludes halogenated alkanes) is 3. The Kier molecular flexibility index (Phi) is 7.06. The minimum Gasteiger partial charge on any atom is -0.0654 e. The van der Waals surface area contributed by atoms with E-state index in [1.807, 2.05) is 0 Å². The molecule has 1 atom stereocenters. The van der Waals surface area contributed by atoms with Gasteiger partial charge in [0.2, 0.25) is 0 Å². The second-order valence-corrected chi connectivity index (χ2v) is 12.0. The van der Waals surface area contributed by atoms with Gasteiger partial charge in [-0.2, -0.15) is 0 Å². The third-order valence-electron chi connectivity index (χ3n) is 5.92. The van der Waals surface area contributed by atoms with Crippen LogP contribution in [-0.4, -0.2) is 8.07 Å². The molecule has 0 radical (unpaired) electrons. The van der Waals surface area contributed by atoms with E-state index in [4.69, 9.17) is 0 Å². The quantitative estimate of drug-likeness (QED) is 0.264. The topological polar surface area (TPSA) is 0 Å². The summed E-state index contributed by atoms with van der Waals surface area (Å²) in [6, 6.07) is 33.9.